The van der Waals surface area contributed by atoms with Crippen LogP contribution in [-0.4, -0.2) is 24.1 Å². The Hall–Kier alpha value is -3.93. The van der Waals surface area contributed by atoms with E-state index in [1.807, 2.05) is 72.8 Å². The van der Waals surface area contributed by atoms with E-state index < -0.39 is 11.8 Å². The van der Waals surface area contributed by atoms with Crippen LogP contribution in [0.4, 0.5) is 5.69 Å². The molecule has 3 aromatic rings. The molecule has 30 heavy (non-hydrogen) atoms. The van der Waals surface area contributed by atoms with Gasteiger partial charge in [-0.3, -0.25) is 9.59 Å². The monoisotopic (exact) mass is 400 g/mol. The molecule has 0 aromatic heterocycles. The van der Waals surface area contributed by atoms with Crippen molar-refractivity contribution >= 4 is 23.2 Å². The van der Waals surface area contributed by atoms with E-state index in [1.165, 1.54) is 0 Å². The molecule has 152 valence electrons. The molecule has 2 amide bonds. The Bertz CT molecular complexity index is 977. The number of nitrogens with one attached hydrogen (secondary N) is 2. The summed E-state index contributed by atoms with van der Waals surface area (Å²) in [4.78, 5) is 25.1. The summed E-state index contributed by atoms with van der Waals surface area (Å²) in [7, 11) is 0. The first-order valence-electron chi connectivity index (χ1n) is 9.61. The van der Waals surface area contributed by atoms with Gasteiger partial charge in [-0.05, 0) is 35.7 Å². The van der Waals surface area contributed by atoms with Crippen LogP contribution < -0.4 is 16.5 Å². The Morgan fingerprint density at radius 1 is 0.867 bits per heavy atom. The topological polar surface area (TPSA) is 96.6 Å². The highest BCUT2D eigenvalue weighted by Crippen LogP contribution is 2.24. The molecule has 0 aliphatic rings. The fourth-order valence-electron chi connectivity index (χ4n) is 3.03. The third kappa shape index (κ3) is 5.54. The van der Waals surface area contributed by atoms with Crippen molar-refractivity contribution in [2.24, 2.45) is 5.10 Å². The summed E-state index contributed by atoms with van der Waals surface area (Å²) in [6.07, 6.45) is 0. The van der Waals surface area contributed by atoms with Crippen LogP contribution in [0.1, 0.15) is 29.5 Å². The summed E-state index contributed by atoms with van der Waals surface area (Å²) in [6, 6.07) is 26.1. The number of hydrogen-bond acceptors (Lipinski definition) is 4. The van der Waals surface area contributed by atoms with Gasteiger partial charge in [0.2, 0.25) is 5.91 Å². The smallest absolute Gasteiger partial charge is 0.259 e. The van der Waals surface area contributed by atoms with Gasteiger partial charge in [-0.25, -0.2) is 5.43 Å². The third-order valence-corrected chi connectivity index (χ3v) is 4.63. The maximum atomic E-state index is 12.9. The van der Waals surface area contributed by atoms with Crippen LogP contribution in [0.3, 0.4) is 0 Å². The molecule has 0 saturated heterocycles. The second-order valence-electron chi connectivity index (χ2n) is 6.83. The second kappa shape index (κ2) is 10.0. The fraction of sp³-hybridized carbons (Fsp3) is 0.125. The minimum absolute atomic E-state index is 0.173. The van der Waals surface area contributed by atoms with Crippen molar-refractivity contribution < 1.29 is 9.59 Å². The number of nitrogens with zero attached hydrogens (tertiary/aromatic N) is 1. The Labute approximate surface area is 175 Å². The number of nitrogen functional groups attached to an aromatic ring is 1. The highest BCUT2D eigenvalue weighted by molar-refractivity contribution is 5.99. The normalized spacial score (nSPS) is 11.2. The van der Waals surface area contributed by atoms with Crippen molar-refractivity contribution in [1.82, 2.24) is 10.7 Å². The SMILES string of the molecule is C/C(=N\NC(=O)CNC(=O)C(c1ccccc1)c1ccccc1)c1ccc(N)cc1. The first kappa shape index (κ1) is 20.8. The number of rotatable bonds is 7. The summed E-state index contributed by atoms with van der Waals surface area (Å²) in [6.45, 7) is 1.61. The quantitative estimate of drug-likeness (QED) is 0.323. The molecular formula is C24H24N4O2. The van der Waals surface area contributed by atoms with E-state index in [0.29, 0.717) is 11.4 Å². The molecule has 6 nitrogen and oxygen atoms in total. The average molecular weight is 400 g/mol. The zero-order valence-corrected chi connectivity index (χ0v) is 16.7. The zero-order valence-electron chi connectivity index (χ0n) is 16.7. The molecule has 3 rings (SSSR count). The van der Waals surface area contributed by atoms with Crippen molar-refractivity contribution in [3.63, 3.8) is 0 Å². The van der Waals surface area contributed by atoms with Gasteiger partial charge >= 0.3 is 0 Å². The van der Waals surface area contributed by atoms with Gasteiger partial charge in [0.25, 0.3) is 5.91 Å². The van der Waals surface area contributed by atoms with E-state index in [1.54, 1.807) is 19.1 Å². The minimum atomic E-state index is -0.500. The lowest BCUT2D eigenvalue weighted by atomic mass is 9.90. The Morgan fingerprint density at radius 2 is 1.40 bits per heavy atom. The molecule has 0 bridgehead atoms. The molecular weight excluding hydrogens is 376 g/mol. The molecule has 0 unspecified atom stereocenters. The third-order valence-electron chi connectivity index (χ3n) is 4.63. The van der Waals surface area contributed by atoms with E-state index in [0.717, 1.165) is 16.7 Å². The summed E-state index contributed by atoms with van der Waals surface area (Å²) < 4.78 is 0. The Kier molecular flexibility index (Phi) is 6.95. The van der Waals surface area contributed by atoms with E-state index in [-0.39, 0.29) is 12.5 Å². The van der Waals surface area contributed by atoms with Crippen molar-refractivity contribution in [2.75, 3.05) is 12.3 Å². The van der Waals surface area contributed by atoms with Crippen molar-refractivity contribution in [3.05, 3.63) is 102 Å². The summed E-state index contributed by atoms with van der Waals surface area (Å²) >= 11 is 0. The number of amides is 2. The van der Waals surface area contributed by atoms with Crippen LogP contribution in [0.25, 0.3) is 0 Å². The molecule has 0 spiro atoms. The number of nitrogens with two attached hydrogens (primary N) is 1. The number of carbonyl (C=O) groups is 2. The van der Waals surface area contributed by atoms with E-state index in [9.17, 15) is 9.59 Å². The molecule has 6 heteroatoms. The van der Waals surface area contributed by atoms with Gasteiger partial charge in [0.15, 0.2) is 0 Å². The van der Waals surface area contributed by atoms with Gasteiger partial charge in [0.05, 0.1) is 18.2 Å². The highest BCUT2D eigenvalue weighted by Gasteiger charge is 2.22. The predicted octanol–water partition coefficient (Wildman–Crippen LogP) is 3.06. The molecule has 0 atom stereocenters. The largest absolute Gasteiger partial charge is 0.399 e. The van der Waals surface area contributed by atoms with Gasteiger partial charge in [-0.15, -0.1) is 0 Å². The molecule has 4 N–H and O–H groups in total. The first-order chi connectivity index (χ1) is 14.5. The highest BCUT2D eigenvalue weighted by atomic mass is 16.2. The predicted molar refractivity (Wildman–Crippen MR) is 119 cm³/mol. The van der Waals surface area contributed by atoms with E-state index >= 15 is 0 Å². The fourth-order valence-corrected chi connectivity index (χ4v) is 3.03. The van der Waals surface area contributed by atoms with Crippen LogP contribution in [0.5, 0.6) is 0 Å². The molecule has 3 aromatic carbocycles. The summed E-state index contributed by atoms with van der Waals surface area (Å²) in [5, 5.41) is 6.80. The van der Waals surface area contributed by atoms with Crippen molar-refractivity contribution in [3.8, 4) is 0 Å². The molecule has 0 aliphatic carbocycles. The van der Waals surface area contributed by atoms with Crippen molar-refractivity contribution in [2.45, 2.75) is 12.8 Å². The van der Waals surface area contributed by atoms with Crippen LogP contribution in [0.15, 0.2) is 90.0 Å². The Balaban J connectivity index is 1.63. The Morgan fingerprint density at radius 3 is 1.93 bits per heavy atom. The zero-order chi connectivity index (χ0) is 21.3. The summed E-state index contributed by atoms with van der Waals surface area (Å²) in [5.41, 5.74) is 12.0. The van der Waals surface area contributed by atoms with Gasteiger partial charge in [0, 0.05) is 5.69 Å². The van der Waals surface area contributed by atoms with E-state index in [2.05, 4.69) is 15.8 Å². The first-order valence-corrected chi connectivity index (χ1v) is 9.61. The number of hydrazone groups is 1. The summed E-state index contributed by atoms with van der Waals surface area (Å²) in [5.74, 6) is -1.15. The average Bonchev–Trinajstić information content (AvgIpc) is 2.78. The van der Waals surface area contributed by atoms with Gasteiger partial charge in [0.1, 0.15) is 0 Å². The van der Waals surface area contributed by atoms with Crippen LogP contribution in [0, 0.1) is 0 Å². The molecule has 0 heterocycles. The number of hydrogen-bond donors (Lipinski definition) is 3. The maximum Gasteiger partial charge on any atom is 0.259 e. The lowest BCUT2D eigenvalue weighted by Crippen LogP contribution is -2.38. The molecule has 0 fully saturated rings. The molecule has 0 aliphatic heterocycles. The van der Waals surface area contributed by atoms with Crippen LogP contribution >= 0.6 is 0 Å². The number of carbonyl (C=O) groups excluding carboxylic acids is 2. The lowest BCUT2D eigenvalue weighted by molar-refractivity contribution is -0.126. The second-order valence-corrected chi connectivity index (χ2v) is 6.83. The van der Waals surface area contributed by atoms with Crippen LogP contribution in [-0.2, 0) is 9.59 Å². The number of benzene rings is 3. The van der Waals surface area contributed by atoms with Crippen LogP contribution in [0.2, 0.25) is 0 Å². The minimum Gasteiger partial charge on any atom is -0.399 e. The van der Waals surface area contributed by atoms with Gasteiger partial charge in [-0.2, -0.15) is 5.10 Å². The van der Waals surface area contributed by atoms with Crippen molar-refractivity contribution in [1.29, 1.82) is 0 Å². The molecule has 0 radical (unpaired) electrons. The standard InChI is InChI=1S/C24H24N4O2/c1-17(18-12-14-21(25)15-13-18)27-28-22(29)16-26-24(30)23(19-8-4-2-5-9-19)20-10-6-3-7-11-20/h2-15,23H,16,25H2,1H3,(H,26,30)(H,28,29)/b27-17+. The van der Waals surface area contributed by atoms with E-state index in [4.69, 9.17) is 5.73 Å². The maximum absolute atomic E-state index is 12.9. The molecule has 0 saturated carbocycles. The van der Waals surface area contributed by atoms with Gasteiger partial charge in [-0.1, -0.05) is 72.8 Å². The lowest BCUT2D eigenvalue weighted by Gasteiger charge is -2.17. The van der Waals surface area contributed by atoms with Gasteiger partial charge < -0.3 is 11.1 Å². The number of anilines is 1.